The van der Waals surface area contributed by atoms with Crippen LogP contribution in [0.3, 0.4) is 0 Å². The van der Waals surface area contributed by atoms with Gasteiger partial charge in [-0.25, -0.2) is 4.99 Å². The smallest absolute Gasteiger partial charge is 0.243 e. The summed E-state index contributed by atoms with van der Waals surface area (Å²) in [5, 5.41) is 6.64. The summed E-state index contributed by atoms with van der Waals surface area (Å²) in [6.07, 6.45) is 2.16. The Morgan fingerprint density at radius 2 is 2.05 bits per heavy atom. The Bertz CT molecular complexity index is 352. The second-order valence-electron chi connectivity index (χ2n) is 5.74. The molecule has 2 N–H and O–H groups in total. The third kappa shape index (κ3) is 7.09. The van der Waals surface area contributed by atoms with Gasteiger partial charge in [-0.05, 0) is 19.8 Å². The summed E-state index contributed by atoms with van der Waals surface area (Å²) < 4.78 is 5.12. The molecule has 1 heterocycles. The van der Waals surface area contributed by atoms with Crippen LogP contribution < -0.4 is 10.6 Å². The first-order valence-electron chi connectivity index (χ1n) is 8.03. The first-order valence-corrected chi connectivity index (χ1v) is 8.03. The number of aliphatic imine (C=N–C) groups is 1. The lowest BCUT2D eigenvalue weighted by Gasteiger charge is -2.32. The van der Waals surface area contributed by atoms with Crippen LogP contribution in [0.4, 0.5) is 0 Å². The molecule has 0 aromatic carbocycles. The van der Waals surface area contributed by atoms with Gasteiger partial charge < -0.3 is 25.2 Å². The summed E-state index contributed by atoms with van der Waals surface area (Å²) >= 11 is 0. The summed E-state index contributed by atoms with van der Waals surface area (Å²) in [7, 11) is 5.23. The lowest BCUT2D eigenvalue weighted by molar-refractivity contribution is -0.127. The molecule has 1 fully saturated rings. The molecule has 0 aromatic rings. The van der Waals surface area contributed by atoms with Gasteiger partial charge in [-0.1, -0.05) is 0 Å². The molecule has 7 heteroatoms. The molecule has 1 aliphatic rings. The van der Waals surface area contributed by atoms with Gasteiger partial charge in [0.1, 0.15) is 6.54 Å². The first-order chi connectivity index (χ1) is 10.6. The van der Waals surface area contributed by atoms with Crippen molar-refractivity contribution in [2.45, 2.75) is 25.8 Å². The van der Waals surface area contributed by atoms with E-state index in [0.29, 0.717) is 6.04 Å². The van der Waals surface area contributed by atoms with Crippen molar-refractivity contribution in [1.82, 2.24) is 20.4 Å². The Kier molecular flexibility index (Phi) is 8.84. The molecule has 0 saturated carbocycles. The van der Waals surface area contributed by atoms with E-state index in [2.05, 4.69) is 20.5 Å². The topological polar surface area (TPSA) is 69.2 Å². The summed E-state index contributed by atoms with van der Waals surface area (Å²) in [5.41, 5.74) is 0. The molecule has 0 aliphatic carbocycles. The number of methoxy groups -OCH3 is 1. The molecule has 22 heavy (non-hydrogen) atoms. The van der Waals surface area contributed by atoms with Crippen LogP contribution >= 0.6 is 0 Å². The molecule has 0 bridgehead atoms. The van der Waals surface area contributed by atoms with Crippen LogP contribution in [0.15, 0.2) is 4.99 Å². The molecule has 1 saturated heterocycles. The summed E-state index contributed by atoms with van der Waals surface area (Å²) in [5.74, 6) is 0.736. The van der Waals surface area contributed by atoms with Crippen molar-refractivity contribution in [2.75, 3.05) is 60.5 Å². The van der Waals surface area contributed by atoms with Gasteiger partial charge in [-0.3, -0.25) is 4.79 Å². The number of piperidine rings is 1. The number of nitrogens with one attached hydrogen (secondary N) is 2. The maximum atomic E-state index is 11.6. The van der Waals surface area contributed by atoms with Gasteiger partial charge in [0.25, 0.3) is 0 Å². The average Bonchev–Trinajstić information content (AvgIpc) is 2.51. The van der Waals surface area contributed by atoms with Crippen LogP contribution in [0.5, 0.6) is 0 Å². The van der Waals surface area contributed by atoms with E-state index >= 15 is 0 Å². The SMILES string of the molecule is CCNC(=NCC(=O)N(C)C)NC1CCN(CCOC)CC1. The molecular formula is C15H31N5O2. The van der Waals surface area contributed by atoms with Crippen LogP contribution in [0.1, 0.15) is 19.8 Å². The fourth-order valence-electron chi connectivity index (χ4n) is 2.32. The molecule has 0 spiro atoms. The van der Waals surface area contributed by atoms with Crippen molar-refractivity contribution >= 4 is 11.9 Å². The summed E-state index contributed by atoms with van der Waals surface area (Å²) in [6, 6.07) is 0.408. The highest BCUT2D eigenvalue weighted by Gasteiger charge is 2.19. The minimum absolute atomic E-state index is 0.00610. The van der Waals surface area contributed by atoms with Gasteiger partial charge in [-0.15, -0.1) is 0 Å². The molecule has 1 amide bonds. The highest BCUT2D eigenvalue weighted by molar-refractivity contribution is 5.84. The van der Waals surface area contributed by atoms with Gasteiger partial charge in [0.05, 0.1) is 6.61 Å². The number of likely N-dealkylation sites (N-methyl/N-ethyl adjacent to an activating group) is 1. The van der Waals surface area contributed by atoms with Crippen molar-refractivity contribution < 1.29 is 9.53 Å². The van der Waals surface area contributed by atoms with E-state index in [9.17, 15) is 4.79 Å². The van der Waals surface area contributed by atoms with E-state index in [1.54, 1.807) is 26.1 Å². The van der Waals surface area contributed by atoms with Crippen molar-refractivity contribution in [3.8, 4) is 0 Å². The fourth-order valence-corrected chi connectivity index (χ4v) is 2.32. The Hall–Kier alpha value is -1.34. The first kappa shape index (κ1) is 18.7. The molecule has 0 radical (unpaired) electrons. The van der Waals surface area contributed by atoms with Crippen molar-refractivity contribution in [2.24, 2.45) is 4.99 Å². The van der Waals surface area contributed by atoms with E-state index in [0.717, 1.165) is 51.6 Å². The Balaban J connectivity index is 2.41. The second kappa shape index (κ2) is 10.4. The molecule has 0 unspecified atom stereocenters. The summed E-state index contributed by atoms with van der Waals surface area (Å²) in [4.78, 5) is 20.0. The van der Waals surface area contributed by atoms with E-state index in [1.165, 1.54) is 0 Å². The molecule has 0 atom stereocenters. The van der Waals surface area contributed by atoms with Crippen molar-refractivity contribution in [3.63, 3.8) is 0 Å². The molecular weight excluding hydrogens is 282 g/mol. The number of carbonyl (C=O) groups excluding carboxylic acids is 1. The third-order valence-corrected chi connectivity index (χ3v) is 3.76. The zero-order valence-electron chi connectivity index (χ0n) is 14.4. The Labute approximate surface area is 134 Å². The van der Waals surface area contributed by atoms with Crippen LogP contribution in [-0.4, -0.2) is 88.2 Å². The number of carbonyl (C=O) groups is 1. The highest BCUT2D eigenvalue weighted by Crippen LogP contribution is 2.09. The molecule has 1 aliphatic heterocycles. The standard InChI is InChI=1S/C15H31N5O2/c1-5-16-15(17-12-14(21)19(2)3)18-13-6-8-20(9-7-13)10-11-22-4/h13H,5-12H2,1-4H3,(H2,16,17,18). The number of amides is 1. The van der Waals surface area contributed by atoms with Crippen molar-refractivity contribution in [1.29, 1.82) is 0 Å². The van der Waals surface area contributed by atoms with E-state index in [1.807, 2.05) is 6.92 Å². The maximum Gasteiger partial charge on any atom is 0.243 e. The van der Waals surface area contributed by atoms with Crippen LogP contribution in [0.25, 0.3) is 0 Å². The Morgan fingerprint density at radius 3 is 2.59 bits per heavy atom. The second-order valence-corrected chi connectivity index (χ2v) is 5.74. The lowest BCUT2D eigenvalue weighted by Crippen LogP contribution is -2.49. The number of guanidine groups is 1. The number of nitrogens with zero attached hydrogens (tertiary/aromatic N) is 3. The lowest BCUT2D eigenvalue weighted by atomic mass is 10.1. The monoisotopic (exact) mass is 313 g/mol. The van der Waals surface area contributed by atoms with Crippen molar-refractivity contribution in [3.05, 3.63) is 0 Å². The normalized spacial score (nSPS) is 17.4. The molecule has 1 rings (SSSR count). The summed E-state index contributed by atoms with van der Waals surface area (Å²) in [6.45, 7) is 6.90. The number of hydrogen-bond donors (Lipinski definition) is 2. The zero-order chi connectivity index (χ0) is 16.4. The number of rotatable bonds is 7. The predicted molar refractivity (Wildman–Crippen MR) is 89.1 cm³/mol. The minimum atomic E-state index is 0.00610. The van der Waals surface area contributed by atoms with Gasteiger partial charge in [0, 0.05) is 53.4 Å². The zero-order valence-corrected chi connectivity index (χ0v) is 14.4. The molecule has 0 aromatic heterocycles. The third-order valence-electron chi connectivity index (χ3n) is 3.76. The fraction of sp³-hybridized carbons (Fsp3) is 0.867. The molecule has 7 nitrogen and oxygen atoms in total. The van der Waals surface area contributed by atoms with Gasteiger partial charge in [0.2, 0.25) is 5.91 Å². The van der Waals surface area contributed by atoms with Gasteiger partial charge >= 0.3 is 0 Å². The quantitative estimate of drug-likeness (QED) is 0.501. The number of hydrogen-bond acceptors (Lipinski definition) is 4. The van der Waals surface area contributed by atoms with Gasteiger partial charge in [0.15, 0.2) is 5.96 Å². The highest BCUT2D eigenvalue weighted by atomic mass is 16.5. The van der Waals surface area contributed by atoms with Gasteiger partial charge in [-0.2, -0.15) is 0 Å². The van der Waals surface area contributed by atoms with Crippen LogP contribution in [0.2, 0.25) is 0 Å². The van der Waals surface area contributed by atoms with Crippen LogP contribution in [-0.2, 0) is 9.53 Å². The maximum absolute atomic E-state index is 11.6. The van der Waals surface area contributed by atoms with Crippen LogP contribution in [0, 0.1) is 0 Å². The number of ether oxygens (including phenoxy) is 1. The van der Waals surface area contributed by atoms with E-state index in [4.69, 9.17) is 4.74 Å². The van der Waals surface area contributed by atoms with E-state index in [-0.39, 0.29) is 12.5 Å². The predicted octanol–water partition coefficient (Wildman–Crippen LogP) is -0.259. The number of likely N-dealkylation sites (tertiary alicyclic amines) is 1. The average molecular weight is 313 g/mol. The van der Waals surface area contributed by atoms with E-state index < -0.39 is 0 Å². The minimum Gasteiger partial charge on any atom is -0.383 e. The largest absolute Gasteiger partial charge is 0.383 e. The molecule has 128 valence electrons. The Morgan fingerprint density at radius 1 is 1.36 bits per heavy atom.